The quantitative estimate of drug-likeness (QED) is 0.885. The summed E-state index contributed by atoms with van der Waals surface area (Å²) in [6.45, 7) is 2.98. The van der Waals surface area contributed by atoms with Crippen LogP contribution >= 0.6 is 11.6 Å². The van der Waals surface area contributed by atoms with Crippen LogP contribution in [0.5, 0.6) is 0 Å². The van der Waals surface area contributed by atoms with Crippen LogP contribution < -0.4 is 0 Å². The summed E-state index contributed by atoms with van der Waals surface area (Å²) < 4.78 is 0. The van der Waals surface area contributed by atoms with Crippen molar-refractivity contribution in [1.29, 1.82) is 0 Å². The molecule has 0 aliphatic carbocycles. The highest BCUT2D eigenvalue weighted by Crippen LogP contribution is 2.33. The Labute approximate surface area is 142 Å². The molecule has 0 bridgehead atoms. The van der Waals surface area contributed by atoms with Crippen LogP contribution in [0.3, 0.4) is 0 Å². The number of halogens is 1. The van der Waals surface area contributed by atoms with Crippen LogP contribution in [0.1, 0.15) is 22.6 Å². The molecule has 0 amide bonds. The SMILES string of the molecule is OCc1ccc(CN2C[C@@H](CO)[C@H](c3ccc(Cl)cc3)C2)cc1. The van der Waals surface area contributed by atoms with Crippen molar-refractivity contribution in [2.75, 3.05) is 19.7 Å². The second-order valence-corrected chi connectivity index (χ2v) is 6.71. The summed E-state index contributed by atoms with van der Waals surface area (Å²) in [4.78, 5) is 2.38. The van der Waals surface area contributed by atoms with E-state index >= 15 is 0 Å². The molecule has 4 heteroatoms. The van der Waals surface area contributed by atoms with Gasteiger partial charge in [0.2, 0.25) is 0 Å². The van der Waals surface area contributed by atoms with Crippen molar-refractivity contribution in [2.24, 2.45) is 5.92 Å². The highest BCUT2D eigenvalue weighted by molar-refractivity contribution is 6.30. The lowest BCUT2D eigenvalue weighted by Gasteiger charge is -2.17. The normalized spacial score (nSPS) is 21.7. The van der Waals surface area contributed by atoms with Crippen molar-refractivity contribution >= 4 is 11.6 Å². The van der Waals surface area contributed by atoms with E-state index in [1.54, 1.807) is 0 Å². The third kappa shape index (κ3) is 3.93. The average molecular weight is 332 g/mol. The fraction of sp³-hybridized carbons (Fsp3) is 0.368. The number of hydrogen-bond acceptors (Lipinski definition) is 3. The Balaban J connectivity index is 1.69. The molecule has 0 unspecified atom stereocenters. The van der Waals surface area contributed by atoms with Gasteiger partial charge in [0.1, 0.15) is 0 Å². The molecule has 0 radical (unpaired) electrons. The van der Waals surface area contributed by atoms with Gasteiger partial charge in [-0.25, -0.2) is 0 Å². The molecule has 2 aromatic carbocycles. The monoisotopic (exact) mass is 331 g/mol. The Morgan fingerprint density at radius 3 is 2.17 bits per heavy atom. The predicted octanol–water partition coefficient (Wildman–Crippen LogP) is 3.04. The Kier molecular flexibility index (Phi) is 5.34. The minimum absolute atomic E-state index is 0.0786. The molecule has 122 valence electrons. The Bertz CT molecular complexity index is 627. The molecule has 0 aromatic heterocycles. The molecule has 0 saturated carbocycles. The van der Waals surface area contributed by atoms with E-state index < -0.39 is 0 Å². The molecule has 1 aliphatic rings. The van der Waals surface area contributed by atoms with Crippen molar-refractivity contribution in [3.63, 3.8) is 0 Å². The number of aliphatic hydroxyl groups is 2. The standard InChI is InChI=1S/C19H22ClNO2/c20-18-7-5-16(6-8-18)19-11-21(10-17(19)13-23)9-14-1-3-15(12-22)4-2-14/h1-8,17,19,22-23H,9-13H2/t17-,19-/m0/s1. The highest BCUT2D eigenvalue weighted by atomic mass is 35.5. The van der Waals surface area contributed by atoms with Crippen LogP contribution in [0.4, 0.5) is 0 Å². The lowest BCUT2D eigenvalue weighted by atomic mass is 9.90. The van der Waals surface area contributed by atoms with E-state index in [-0.39, 0.29) is 19.1 Å². The molecule has 1 saturated heterocycles. The van der Waals surface area contributed by atoms with Crippen LogP contribution in [0.15, 0.2) is 48.5 Å². The maximum absolute atomic E-state index is 9.72. The summed E-state index contributed by atoms with van der Waals surface area (Å²) in [6.07, 6.45) is 0. The van der Waals surface area contributed by atoms with Gasteiger partial charge < -0.3 is 10.2 Å². The number of aliphatic hydroxyl groups excluding tert-OH is 2. The average Bonchev–Trinajstić information content (AvgIpc) is 2.99. The van der Waals surface area contributed by atoms with E-state index in [0.717, 1.165) is 30.2 Å². The second kappa shape index (κ2) is 7.45. The van der Waals surface area contributed by atoms with E-state index in [2.05, 4.69) is 29.2 Å². The first-order chi connectivity index (χ1) is 11.2. The largest absolute Gasteiger partial charge is 0.396 e. The van der Waals surface area contributed by atoms with E-state index in [1.165, 1.54) is 11.1 Å². The van der Waals surface area contributed by atoms with Gasteiger partial charge in [0.05, 0.1) is 6.61 Å². The Hall–Kier alpha value is -1.39. The van der Waals surface area contributed by atoms with Crippen LogP contribution in [0.25, 0.3) is 0 Å². The summed E-state index contributed by atoms with van der Waals surface area (Å²) in [5.41, 5.74) is 3.41. The van der Waals surface area contributed by atoms with Gasteiger partial charge in [-0.1, -0.05) is 48.0 Å². The topological polar surface area (TPSA) is 43.7 Å². The summed E-state index contributed by atoms with van der Waals surface area (Å²) in [6, 6.07) is 16.0. The molecule has 2 aromatic rings. The van der Waals surface area contributed by atoms with E-state index in [1.807, 2.05) is 24.3 Å². The van der Waals surface area contributed by atoms with Crippen LogP contribution in [0, 0.1) is 5.92 Å². The first-order valence-corrected chi connectivity index (χ1v) is 8.34. The molecule has 2 N–H and O–H groups in total. The molecule has 1 aliphatic heterocycles. The summed E-state index contributed by atoms with van der Waals surface area (Å²) in [5, 5.41) is 19.6. The number of hydrogen-bond donors (Lipinski definition) is 2. The third-order valence-electron chi connectivity index (χ3n) is 4.66. The van der Waals surface area contributed by atoms with Crippen LogP contribution in [-0.4, -0.2) is 34.8 Å². The first-order valence-electron chi connectivity index (χ1n) is 7.97. The number of rotatable bonds is 5. The summed E-state index contributed by atoms with van der Waals surface area (Å²) >= 11 is 5.97. The Morgan fingerprint density at radius 1 is 0.913 bits per heavy atom. The zero-order chi connectivity index (χ0) is 16.2. The molecule has 3 nitrogen and oxygen atoms in total. The van der Waals surface area contributed by atoms with Crippen LogP contribution in [-0.2, 0) is 13.2 Å². The molecule has 23 heavy (non-hydrogen) atoms. The van der Waals surface area contributed by atoms with E-state index in [9.17, 15) is 5.11 Å². The molecule has 3 rings (SSSR count). The first kappa shape index (κ1) is 16.5. The van der Waals surface area contributed by atoms with Gasteiger partial charge in [-0.15, -0.1) is 0 Å². The zero-order valence-electron chi connectivity index (χ0n) is 13.0. The lowest BCUT2D eigenvalue weighted by molar-refractivity contribution is 0.214. The van der Waals surface area contributed by atoms with Crippen molar-refractivity contribution in [2.45, 2.75) is 19.1 Å². The van der Waals surface area contributed by atoms with Gasteiger partial charge in [-0.3, -0.25) is 4.90 Å². The van der Waals surface area contributed by atoms with Gasteiger partial charge in [-0.05, 0) is 28.8 Å². The maximum Gasteiger partial charge on any atom is 0.0681 e. The Morgan fingerprint density at radius 2 is 1.57 bits per heavy atom. The van der Waals surface area contributed by atoms with Crippen molar-refractivity contribution < 1.29 is 10.2 Å². The molecule has 2 atom stereocenters. The minimum Gasteiger partial charge on any atom is -0.396 e. The van der Waals surface area contributed by atoms with Crippen LogP contribution in [0.2, 0.25) is 5.02 Å². The fourth-order valence-electron chi connectivity index (χ4n) is 3.37. The number of likely N-dealkylation sites (tertiary alicyclic amines) is 1. The van der Waals surface area contributed by atoms with Gasteiger partial charge in [0.25, 0.3) is 0 Å². The molecular weight excluding hydrogens is 310 g/mol. The van der Waals surface area contributed by atoms with Gasteiger partial charge in [-0.2, -0.15) is 0 Å². The van der Waals surface area contributed by atoms with E-state index in [4.69, 9.17) is 16.7 Å². The minimum atomic E-state index is 0.0786. The van der Waals surface area contributed by atoms with Gasteiger partial charge in [0, 0.05) is 43.1 Å². The predicted molar refractivity (Wildman–Crippen MR) is 92.4 cm³/mol. The number of nitrogens with zero attached hydrogens (tertiary/aromatic N) is 1. The summed E-state index contributed by atoms with van der Waals surface area (Å²) in [5.74, 6) is 0.599. The third-order valence-corrected chi connectivity index (χ3v) is 4.91. The highest BCUT2D eigenvalue weighted by Gasteiger charge is 2.33. The number of benzene rings is 2. The second-order valence-electron chi connectivity index (χ2n) is 6.27. The lowest BCUT2D eigenvalue weighted by Crippen LogP contribution is -2.20. The smallest absolute Gasteiger partial charge is 0.0681 e. The van der Waals surface area contributed by atoms with Crippen molar-refractivity contribution in [3.8, 4) is 0 Å². The van der Waals surface area contributed by atoms with Crippen molar-refractivity contribution in [1.82, 2.24) is 4.90 Å². The van der Waals surface area contributed by atoms with E-state index in [0.29, 0.717) is 5.92 Å². The fourth-order valence-corrected chi connectivity index (χ4v) is 3.50. The molecular formula is C19H22ClNO2. The van der Waals surface area contributed by atoms with Crippen molar-refractivity contribution in [3.05, 3.63) is 70.2 Å². The molecule has 1 heterocycles. The van der Waals surface area contributed by atoms with Gasteiger partial charge >= 0.3 is 0 Å². The molecule has 1 fully saturated rings. The summed E-state index contributed by atoms with van der Waals surface area (Å²) in [7, 11) is 0. The molecule has 0 spiro atoms. The maximum atomic E-state index is 9.72. The zero-order valence-corrected chi connectivity index (χ0v) is 13.8. The van der Waals surface area contributed by atoms with Gasteiger partial charge in [0.15, 0.2) is 0 Å².